The fraction of sp³-hybridized carbons (Fsp3) is 0.750. The number of aromatic nitrogens is 2. The van der Waals surface area contributed by atoms with Crippen LogP contribution < -0.4 is 0 Å². The van der Waals surface area contributed by atoms with Crippen molar-refractivity contribution in [3.63, 3.8) is 0 Å². The van der Waals surface area contributed by atoms with Gasteiger partial charge in [-0.1, -0.05) is 0 Å². The Kier molecular flexibility index (Phi) is 3.10. The van der Waals surface area contributed by atoms with E-state index < -0.39 is 10.8 Å². The third-order valence-electron chi connectivity index (χ3n) is 5.79. The lowest BCUT2D eigenvalue weighted by molar-refractivity contribution is -0.141. The number of hydrogen-bond donors (Lipinski definition) is 1. The minimum atomic E-state index is -1.32. The Morgan fingerprint density at radius 3 is 2.33 bits per heavy atom. The van der Waals surface area contributed by atoms with E-state index in [1.807, 2.05) is 6.92 Å². The largest absolute Gasteiger partial charge is 0.335 e. The van der Waals surface area contributed by atoms with E-state index in [0.29, 0.717) is 5.16 Å². The molecule has 1 aromatic rings. The first kappa shape index (κ1) is 13.7. The molecule has 4 saturated carbocycles. The fourth-order valence-corrected chi connectivity index (χ4v) is 6.42. The number of imidazole rings is 1. The second-order valence-corrected chi connectivity index (χ2v) is 8.85. The van der Waals surface area contributed by atoms with Gasteiger partial charge in [0, 0.05) is 17.3 Å². The van der Waals surface area contributed by atoms with E-state index in [-0.39, 0.29) is 17.0 Å². The highest BCUT2D eigenvalue weighted by Crippen LogP contribution is 2.60. The van der Waals surface area contributed by atoms with Crippen molar-refractivity contribution in [2.75, 3.05) is 5.75 Å². The van der Waals surface area contributed by atoms with Crippen molar-refractivity contribution in [1.29, 1.82) is 0 Å². The minimum Gasteiger partial charge on any atom is -0.335 e. The molecule has 0 spiro atoms. The zero-order chi connectivity index (χ0) is 14.6. The number of nitrogens with zero attached hydrogens (tertiary/aromatic N) is 1. The van der Waals surface area contributed by atoms with Gasteiger partial charge < -0.3 is 4.98 Å². The van der Waals surface area contributed by atoms with Crippen molar-refractivity contribution >= 4 is 16.6 Å². The topological polar surface area (TPSA) is 62.8 Å². The fourth-order valence-electron chi connectivity index (χ4n) is 5.30. The van der Waals surface area contributed by atoms with Crippen molar-refractivity contribution in [1.82, 2.24) is 9.97 Å². The lowest BCUT2D eigenvalue weighted by Gasteiger charge is -2.55. The molecular weight excluding hydrogens is 284 g/mol. The van der Waals surface area contributed by atoms with Crippen LogP contribution >= 0.6 is 0 Å². The molecule has 1 atom stereocenters. The summed E-state index contributed by atoms with van der Waals surface area (Å²) in [5, 5.41) is 0.450. The van der Waals surface area contributed by atoms with E-state index >= 15 is 0 Å². The maximum atomic E-state index is 12.9. The summed E-state index contributed by atoms with van der Waals surface area (Å²) in [5.74, 6) is 2.62. The highest BCUT2D eigenvalue weighted by Gasteiger charge is 2.54. The Morgan fingerprint density at radius 1 is 1.29 bits per heavy atom. The molecule has 1 unspecified atom stereocenters. The van der Waals surface area contributed by atoms with Gasteiger partial charge >= 0.3 is 0 Å². The first-order valence-corrected chi connectivity index (χ1v) is 9.29. The van der Waals surface area contributed by atoms with Crippen LogP contribution in [0.5, 0.6) is 0 Å². The molecule has 0 saturated heterocycles. The predicted molar refractivity (Wildman–Crippen MR) is 80.2 cm³/mol. The lowest BCUT2D eigenvalue weighted by Crippen LogP contribution is -2.51. The Morgan fingerprint density at radius 2 is 1.86 bits per heavy atom. The van der Waals surface area contributed by atoms with Crippen LogP contribution in [0, 0.1) is 30.1 Å². The number of rotatable bonds is 4. The van der Waals surface area contributed by atoms with Gasteiger partial charge in [0.05, 0.1) is 16.6 Å². The molecule has 4 nitrogen and oxygen atoms in total. The molecule has 1 heterocycles. The number of hydrogen-bond acceptors (Lipinski definition) is 3. The number of carbonyl (C=O) groups excluding carboxylic acids is 1. The second-order valence-electron chi connectivity index (χ2n) is 7.48. The highest BCUT2D eigenvalue weighted by molar-refractivity contribution is 7.85. The standard InChI is InChI=1S/C16H22N2O2S/c1-10-8-17-15(18-10)21(20)9-14(19)16-5-11-2-12(6-16)4-13(3-11)7-16/h8,11-13H,2-7,9H2,1H3,(H,17,18). The van der Waals surface area contributed by atoms with Gasteiger partial charge in [-0.25, -0.2) is 4.98 Å². The third kappa shape index (κ3) is 2.30. The molecule has 0 aliphatic heterocycles. The predicted octanol–water partition coefficient (Wildman–Crippen LogP) is 2.61. The zero-order valence-electron chi connectivity index (χ0n) is 12.4. The normalized spacial score (nSPS) is 38.6. The molecule has 5 rings (SSSR count). The molecule has 0 aromatic carbocycles. The average molecular weight is 306 g/mol. The summed E-state index contributed by atoms with van der Waals surface area (Å²) < 4.78 is 12.4. The molecule has 21 heavy (non-hydrogen) atoms. The van der Waals surface area contributed by atoms with Crippen molar-refractivity contribution in [2.24, 2.45) is 23.2 Å². The van der Waals surface area contributed by atoms with E-state index in [4.69, 9.17) is 0 Å². The molecule has 1 aromatic heterocycles. The van der Waals surface area contributed by atoms with Gasteiger partial charge in [-0.15, -0.1) is 0 Å². The summed E-state index contributed by atoms with van der Waals surface area (Å²) in [6.07, 6.45) is 8.79. The van der Waals surface area contributed by atoms with Crippen LogP contribution in [-0.4, -0.2) is 25.7 Å². The number of ketones is 1. The van der Waals surface area contributed by atoms with Gasteiger partial charge in [-0.2, -0.15) is 0 Å². The van der Waals surface area contributed by atoms with Crippen LogP contribution in [0.3, 0.4) is 0 Å². The van der Waals surface area contributed by atoms with E-state index in [0.717, 1.165) is 42.7 Å². The molecule has 1 N–H and O–H groups in total. The van der Waals surface area contributed by atoms with Gasteiger partial charge in [0.25, 0.3) is 0 Å². The summed E-state index contributed by atoms with van der Waals surface area (Å²) in [7, 11) is -1.32. The van der Waals surface area contributed by atoms with Crippen LogP contribution in [0.4, 0.5) is 0 Å². The Balaban J connectivity index is 1.51. The molecule has 5 heteroatoms. The number of nitrogens with one attached hydrogen (secondary N) is 1. The summed E-state index contributed by atoms with van der Waals surface area (Å²) in [5.41, 5.74) is 0.743. The highest BCUT2D eigenvalue weighted by atomic mass is 32.2. The number of aryl methyl sites for hydroxylation is 1. The summed E-state index contributed by atoms with van der Waals surface area (Å²) in [6, 6.07) is 0. The summed E-state index contributed by atoms with van der Waals surface area (Å²) in [4.78, 5) is 20.0. The molecule has 4 aliphatic rings. The van der Waals surface area contributed by atoms with Gasteiger partial charge in [0.1, 0.15) is 0 Å². The monoisotopic (exact) mass is 306 g/mol. The number of carbonyl (C=O) groups is 1. The number of Topliss-reactive ketones (excluding diaryl/α,β-unsaturated/α-hetero) is 1. The Hall–Kier alpha value is -0.970. The molecule has 4 fully saturated rings. The van der Waals surface area contributed by atoms with E-state index in [2.05, 4.69) is 9.97 Å². The van der Waals surface area contributed by atoms with Gasteiger partial charge in [-0.3, -0.25) is 9.00 Å². The van der Waals surface area contributed by atoms with Crippen molar-refractivity contribution in [3.8, 4) is 0 Å². The minimum absolute atomic E-state index is 0.138. The first-order chi connectivity index (χ1) is 10.0. The maximum Gasteiger partial charge on any atom is 0.196 e. The first-order valence-electron chi connectivity index (χ1n) is 7.97. The number of H-pyrrole nitrogens is 1. The van der Waals surface area contributed by atoms with E-state index in [1.165, 1.54) is 19.3 Å². The Bertz CT molecular complexity index is 572. The van der Waals surface area contributed by atoms with Crippen LogP contribution in [0.2, 0.25) is 0 Å². The second kappa shape index (κ2) is 4.77. The molecule has 4 bridgehead atoms. The van der Waals surface area contributed by atoms with Crippen molar-refractivity contribution < 1.29 is 9.00 Å². The SMILES string of the molecule is Cc1cnc(S(=O)CC(=O)C23CC4CC(CC(C4)C2)C3)[nH]1. The van der Waals surface area contributed by atoms with Crippen molar-refractivity contribution in [2.45, 2.75) is 50.6 Å². The third-order valence-corrected chi connectivity index (χ3v) is 6.95. The molecule has 114 valence electrons. The van der Waals surface area contributed by atoms with Crippen LogP contribution in [0.25, 0.3) is 0 Å². The van der Waals surface area contributed by atoms with Gasteiger partial charge in [-0.05, 0) is 63.2 Å². The number of aromatic amines is 1. The molecule has 0 amide bonds. The summed E-state index contributed by atoms with van der Waals surface area (Å²) in [6.45, 7) is 1.88. The smallest absolute Gasteiger partial charge is 0.196 e. The lowest BCUT2D eigenvalue weighted by atomic mass is 9.48. The van der Waals surface area contributed by atoms with Crippen molar-refractivity contribution in [3.05, 3.63) is 11.9 Å². The maximum absolute atomic E-state index is 12.9. The summed E-state index contributed by atoms with van der Waals surface area (Å²) >= 11 is 0. The Labute approximate surface area is 127 Å². The van der Waals surface area contributed by atoms with E-state index in [9.17, 15) is 9.00 Å². The average Bonchev–Trinajstić information content (AvgIpc) is 2.84. The molecule has 4 aliphatic carbocycles. The van der Waals surface area contributed by atoms with Gasteiger partial charge in [0.15, 0.2) is 10.9 Å². The van der Waals surface area contributed by atoms with E-state index in [1.54, 1.807) is 6.20 Å². The van der Waals surface area contributed by atoms with Crippen LogP contribution in [0.15, 0.2) is 11.4 Å². The van der Waals surface area contributed by atoms with Crippen LogP contribution in [-0.2, 0) is 15.6 Å². The molecule has 0 radical (unpaired) electrons. The van der Waals surface area contributed by atoms with Crippen LogP contribution in [0.1, 0.15) is 44.2 Å². The molecular formula is C16H22N2O2S. The quantitative estimate of drug-likeness (QED) is 0.930. The zero-order valence-corrected chi connectivity index (χ0v) is 13.2. The van der Waals surface area contributed by atoms with Gasteiger partial charge in [0.2, 0.25) is 0 Å².